The predicted octanol–water partition coefficient (Wildman–Crippen LogP) is -2.29. The zero-order chi connectivity index (χ0) is 7.98. The van der Waals surface area contributed by atoms with Crippen LogP contribution in [0, 0.1) is 12.3 Å². The highest BCUT2D eigenvalue weighted by Gasteiger charge is 2.05. The average molecular weight is 159 g/mol. The van der Waals surface area contributed by atoms with Crippen molar-refractivity contribution in [3.05, 3.63) is 0 Å². The second kappa shape index (κ2) is 5.15. The Balaban J connectivity index is 3.32. The van der Waals surface area contributed by atoms with Gasteiger partial charge in [-0.2, -0.15) is 0 Å². The summed E-state index contributed by atoms with van der Waals surface area (Å²) in [5.41, 5.74) is 3.36. The molecule has 3 nitrogen and oxygen atoms in total. The van der Waals surface area contributed by atoms with Crippen molar-refractivity contribution in [1.29, 1.82) is 0 Å². The molecule has 0 bridgehead atoms. The summed E-state index contributed by atoms with van der Waals surface area (Å²) < 4.78 is 0. The van der Waals surface area contributed by atoms with Crippen molar-refractivity contribution in [1.82, 2.24) is 0 Å². The van der Waals surface area contributed by atoms with Crippen molar-refractivity contribution < 1.29 is 15.6 Å². The Morgan fingerprint density at radius 1 is 1.90 bits per heavy atom. The van der Waals surface area contributed by atoms with Gasteiger partial charge in [-0.15, -0.1) is 18.2 Å². The number of aliphatic carboxylic acids is 1. The molecule has 0 spiro atoms. The Labute approximate surface area is 64.0 Å². The van der Waals surface area contributed by atoms with Crippen LogP contribution in [0.1, 0.15) is 0 Å². The van der Waals surface area contributed by atoms with E-state index < -0.39 is 12.0 Å². The molecule has 4 heteroatoms. The van der Waals surface area contributed by atoms with Gasteiger partial charge in [0, 0.05) is 0 Å². The van der Waals surface area contributed by atoms with E-state index in [4.69, 9.17) is 6.42 Å². The predicted molar refractivity (Wildman–Crippen MR) is 37.8 cm³/mol. The van der Waals surface area contributed by atoms with E-state index in [9.17, 15) is 9.90 Å². The molecule has 56 valence electrons. The van der Waals surface area contributed by atoms with Crippen LogP contribution in [-0.2, 0) is 4.79 Å². The SMILES string of the molecule is C#CCSC[C@@H]([NH3+])C(=O)[O-]. The largest absolute Gasteiger partial charge is 0.544 e. The molecule has 0 aliphatic rings. The van der Waals surface area contributed by atoms with Gasteiger partial charge < -0.3 is 15.6 Å². The molecular weight excluding hydrogens is 150 g/mol. The van der Waals surface area contributed by atoms with E-state index >= 15 is 0 Å². The summed E-state index contributed by atoms with van der Waals surface area (Å²) in [5, 5.41) is 10.1. The van der Waals surface area contributed by atoms with Crippen LogP contribution >= 0.6 is 11.8 Å². The first-order chi connectivity index (χ1) is 4.68. The number of hydrogen-bond donors (Lipinski definition) is 1. The summed E-state index contributed by atoms with van der Waals surface area (Å²) in [6, 6.07) is -0.654. The molecule has 0 aliphatic heterocycles. The highest BCUT2D eigenvalue weighted by atomic mass is 32.2. The molecule has 0 saturated heterocycles. The molecule has 0 aromatic heterocycles. The van der Waals surface area contributed by atoms with Crippen LogP contribution in [0.15, 0.2) is 0 Å². The Morgan fingerprint density at radius 2 is 2.50 bits per heavy atom. The second-order valence-electron chi connectivity index (χ2n) is 1.74. The summed E-state index contributed by atoms with van der Waals surface area (Å²) >= 11 is 1.37. The minimum atomic E-state index is -1.12. The molecule has 0 heterocycles. The normalized spacial score (nSPS) is 12.0. The molecule has 10 heavy (non-hydrogen) atoms. The number of hydrogen-bond acceptors (Lipinski definition) is 3. The van der Waals surface area contributed by atoms with Crippen molar-refractivity contribution in [3.63, 3.8) is 0 Å². The first-order valence-corrected chi connectivity index (χ1v) is 3.89. The van der Waals surface area contributed by atoms with E-state index in [-0.39, 0.29) is 0 Å². The number of rotatable bonds is 4. The quantitative estimate of drug-likeness (QED) is 0.371. The van der Waals surface area contributed by atoms with Crippen molar-refractivity contribution in [2.75, 3.05) is 11.5 Å². The Kier molecular flexibility index (Phi) is 4.81. The van der Waals surface area contributed by atoms with E-state index in [0.29, 0.717) is 11.5 Å². The first kappa shape index (κ1) is 9.34. The van der Waals surface area contributed by atoms with E-state index in [1.165, 1.54) is 11.8 Å². The van der Waals surface area contributed by atoms with Gasteiger partial charge in [-0.25, -0.2) is 0 Å². The number of carbonyl (C=O) groups is 1. The molecule has 0 amide bonds. The van der Waals surface area contributed by atoms with Crippen LogP contribution in [0.2, 0.25) is 0 Å². The molecule has 0 unspecified atom stereocenters. The molecule has 0 aromatic carbocycles. The van der Waals surface area contributed by atoms with Gasteiger partial charge >= 0.3 is 0 Å². The zero-order valence-electron chi connectivity index (χ0n) is 5.50. The van der Waals surface area contributed by atoms with Crippen molar-refractivity contribution in [2.45, 2.75) is 6.04 Å². The van der Waals surface area contributed by atoms with Gasteiger partial charge in [0.25, 0.3) is 0 Å². The lowest BCUT2D eigenvalue weighted by molar-refractivity contribution is -0.431. The Hall–Kier alpha value is -0.660. The topological polar surface area (TPSA) is 67.8 Å². The van der Waals surface area contributed by atoms with E-state index in [0.717, 1.165) is 0 Å². The zero-order valence-corrected chi connectivity index (χ0v) is 6.32. The van der Waals surface area contributed by atoms with E-state index in [2.05, 4.69) is 11.7 Å². The van der Waals surface area contributed by atoms with E-state index in [1.54, 1.807) is 0 Å². The molecule has 0 fully saturated rings. The molecule has 0 aliphatic carbocycles. The maximum atomic E-state index is 10.1. The minimum Gasteiger partial charge on any atom is -0.544 e. The summed E-state index contributed by atoms with van der Waals surface area (Å²) in [4.78, 5) is 10.1. The molecule has 0 aromatic rings. The molecule has 0 radical (unpaired) electrons. The van der Waals surface area contributed by atoms with Crippen molar-refractivity contribution in [2.24, 2.45) is 0 Å². The van der Waals surface area contributed by atoms with Crippen LogP contribution < -0.4 is 10.8 Å². The smallest absolute Gasteiger partial charge is 0.134 e. The highest BCUT2D eigenvalue weighted by Crippen LogP contribution is 1.97. The minimum absolute atomic E-state index is 0.423. The van der Waals surface area contributed by atoms with Gasteiger partial charge in [0.15, 0.2) is 0 Å². The first-order valence-electron chi connectivity index (χ1n) is 2.73. The third-order valence-electron chi connectivity index (χ3n) is 0.838. The van der Waals surface area contributed by atoms with Gasteiger partial charge in [-0.1, -0.05) is 5.92 Å². The van der Waals surface area contributed by atoms with Gasteiger partial charge in [-0.05, 0) is 0 Å². The fraction of sp³-hybridized carbons (Fsp3) is 0.500. The summed E-state index contributed by atoms with van der Waals surface area (Å²) in [5.74, 6) is 2.21. The molecule has 0 saturated carbocycles. The Morgan fingerprint density at radius 3 is 2.90 bits per heavy atom. The summed E-state index contributed by atoms with van der Waals surface area (Å²) in [7, 11) is 0. The maximum Gasteiger partial charge on any atom is 0.134 e. The second-order valence-corrected chi connectivity index (χ2v) is 2.77. The van der Waals surface area contributed by atoms with Crippen LogP contribution in [0.5, 0.6) is 0 Å². The van der Waals surface area contributed by atoms with Gasteiger partial charge in [0.1, 0.15) is 6.04 Å². The van der Waals surface area contributed by atoms with Crippen LogP contribution in [-0.4, -0.2) is 23.5 Å². The molecular formula is C6H9NO2S. The third-order valence-corrected chi connectivity index (χ3v) is 1.85. The number of carbonyl (C=O) groups excluding carboxylic acids is 1. The van der Waals surface area contributed by atoms with Crippen molar-refractivity contribution in [3.8, 4) is 12.3 Å². The number of quaternary nitrogens is 1. The highest BCUT2D eigenvalue weighted by molar-refractivity contribution is 7.99. The number of terminal acetylenes is 1. The molecule has 0 rings (SSSR count). The molecule has 3 N–H and O–H groups in total. The number of carboxylic acids is 1. The van der Waals surface area contributed by atoms with Crippen molar-refractivity contribution >= 4 is 17.7 Å². The monoisotopic (exact) mass is 159 g/mol. The van der Waals surface area contributed by atoms with Gasteiger partial charge in [-0.3, -0.25) is 0 Å². The van der Waals surface area contributed by atoms with E-state index in [1.807, 2.05) is 0 Å². The van der Waals surface area contributed by atoms with Gasteiger partial charge in [0.05, 0.1) is 17.5 Å². The fourth-order valence-electron chi connectivity index (χ4n) is 0.328. The lowest BCUT2D eigenvalue weighted by Crippen LogP contribution is -2.69. The Bertz CT molecular complexity index is 152. The number of carboxylic acid groups (broad SMARTS) is 1. The lowest BCUT2D eigenvalue weighted by atomic mass is 10.4. The standard InChI is InChI=1S/C6H9NO2S/c1-2-3-10-4-5(7)6(8)9/h1,5H,3-4,7H2,(H,8,9)/t5-/m1/s1. The fourth-order valence-corrected chi connectivity index (χ4v) is 0.984. The maximum absolute atomic E-state index is 10.1. The lowest BCUT2D eigenvalue weighted by Gasteiger charge is -2.06. The van der Waals surface area contributed by atoms with Crippen LogP contribution in [0.25, 0.3) is 0 Å². The number of thioether (sulfide) groups is 1. The average Bonchev–Trinajstić information content (AvgIpc) is 1.88. The third kappa shape index (κ3) is 4.24. The van der Waals surface area contributed by atoms with Gasteiger partial charge in [0.2, 0.25) is 0 Å². The summed E-state index contributed by atoms with van der Waals surface area (Å²) in [6.45, 7) is 0. The summed E-state index contributed by atoms with van der Waals surface area (Å²) in [6.07, 6.45) is 4.94. The van der Waals surface area contributed by atoms with Crippen LogP contribution in [0.3, 0.4) is 0 Å². The van der Waals surface area contributed by atoms with Crippen LogP contribution in [0.4, 0.5) is 0 Å². The molecule has 1 atom stereocenters.